The number of piperidine rings is 1. The van der Waals surface area contributed by atoms with Crippen molar-refractivity contribution in [2.24, 2.45) is 5.92 Å². The fraction of sp³-hybridized carbons (Fsp3) is 0.889. The van der Waals surface area contributed by atoms with Crippen LogP contribution in [0, 0.1) is 5.92 Å². The Morgan fingerprint density at radius 2 is 2.06 bits per heavy atom. The third kappa shape index (κ3) is 3.64. The Morgan fingerprint density at radius 3 is 2.31 bits per heavy atom. The van der Waals surface area contributed by atoms with E-state index in [-0.39, 0.29) is 0 Å². The summed E-state index contributed by atoms with van der Waals surface area (Å²) in [7, 11) is 2.20. The van der Waals surface area contributed by atoms with Gasteiger partial charge >= 0.3 is 12.1 Å². The monoisotopic (exact) mass is 240 g/mol. The molecule has 2 saturated heterocycles. The molecule has 0 bridgehead atoms. The predicted octanol–water partition coefficient (Wildman–Crippen LogP) is 0.543. The Morgan fingerprint density at radius 1 is 1.50 bits per heavy atom. The van der Waals surface area contributed by atoms with E-state index in [0.29, 0.717) is 0 Å². The highest BCUT2D eigenvalue weighted by Crippen LogP contribution is 2.22. The normalized spacial score (nSPS) is 29.5. The smallest absolute Gasteiger partial charge is 0.475 e. The van der Waals surface area contributed by atoms with E-state index in [4.69, 9.17) is 9.90 Å². The average Bonchev–Trinajstić information content (AvgIpc) is 2.10. The summed E-state index contributed by atoms with van der Waals surface area (Å²) in [6.45, 7) is 3.85. The third-order valence-electron chi connectivity index (χ3n) is 2.84. The number of alkyl halides is 3. The molecular formula is C9H15F3N2O2. The van der Waals surface area contributed by atoms with Crippen molar-refractivity contribution in [3.63, 3.8) is 0 Å². The van der Waals surface area contributed by atoms with Gasteiger partial charge in [-0.1, -0.05) is 0 Å². The van der Waals surface area contributed by atoms with Crippen molar-refractivity contribution >= 4 is 5.97 Å². The highest BCUT2D eigenvalue weighted by atomic mass is 19.4. The van der Waals surface area contributed by atoms with E-state index in [1.165, 1.54) is 26.1 Å². The summed E-state index contributed by atoms with van der Waals surface area (Å²) in [6, 6.07) is 0.837. The summed E-state index contributed by atoms with van der Waals surface area (Å²) >= 11 is 0. The fourth-order valence-corrected chi connectivity index (χ4v) is 1.78. The average molecular weight is 240 g/mol. The molecule has 4 nitrogen and oxygen atoms in total. The topological polar surface area (TPSA) is 52.6 Å². The lowest BCUT2D eigenvalue weighted by Crippen LogP contribution is -2.61. The van der Waals surface area contributed by atoms with Gasteiger partial charge in [-0.2, -0.15) is 13.2 Å². The molecule has 0 aliphatic carbocycles. The SMILES string of the molecule is CN1CCC2CNC2C1.O=C(O)C(F)(F)F. The maximum absolute atomic E-state index is 10.6. The zero-order valence-corrected chi connectivity index (χ0v) is 8.92. The third-order valence-corrected chi connectivity index (χ3v) is 2.84. The highest BCUT2D eigenvalue weighted by molar-refractivity contribution is 5.73. The largest absolute Gasteiger partial charge is 0.490 e. The summed E-state index contributed by atoms with van der Waals surface area (Å²) in [5, 5.41) is 10.6. The molecule has 16 heavy (non-hydrogen) atoms. The zero-order chi connectivity index (χ0) is 12.3. The van der Waals surface area contributed by atoms with Crippen molar-refractivity contribution in [2.45, 2.75) is 18.6 Å². The van der Waals surface area contributed by atoms with E-state index >= 15 is 0 Å². The fourth-order valence-electron chi connectivity index (χ4n) is 1.78. The minimum atomic E-state index is -5.08. The maximum Gasteiger partial charge on any atom is 0.490 e. The Bertz CT molecular complexity index is 258. The second-order valence-electron chi connectivity index (χ2n) is 4.13. The number of rotatable bonds is 0. The lowest BCUT2D eigenvalue weighted by molar-refractivity contribution is -0.192. The number of halogens is 3. The van der Waals surface area contributed by atoms with Crippen molar-refractivity contribution in [1.29, 1.82) is 0 Å². The standard InChI is InChI=1S/C7H14N2.C2HF3O2/c1-9-3-2-6-4-8-7(6)5-9;3-2(4,5)1(6)7/h6-8H,2-5H2,1H3;(H,6,7). The second kappa shape index (κ2) is 5.01. The van der Waals surface area contributed by atoms with Crippen molar-refractivity contribution < 1.29 is 23.1 Å². The summed E-state index contributed by atoms with van der Waals surface area (Å²) in [6.07, 6.45) is -3.67. The van der Waals surface area contributed by atoms with E-state index in [1.807, 2.05) is 0 Å². The number of hydrogen-bond acceptors (Lipinski definition) is 3. The molecule has 0 amide bonds. The molecule has 2 N–H and O–H groups in total. The summed E-state index contributed by atoms with van der Waals surface area (Å²) in [5.74, 6) is -1.74. The van der Waals surface area contributed by atoms with Gasteiger partial charge in [0.05, 0.1) is 0 Å². The van der Waals surface area contributed by atoms with Crippen LogP contribution in [0.2, 0.25) is 0 Å². The molecule has 2 unspecified atom stereocenters. The Kier molecular flexibility index (Phi) is 4.15. The van der Waals surface area contributed by atoms with Crippen LogP contribution >= 0.6 is 0 Å². The van der Waals surface area contributed by atoms with E-state index in [9.17, 15) is 13.2 Å². The number of fused-ring (bicyclic) bond motifs is 1. The van der Waals surface area contributed by atoms with Gasteiger partial charge in [-0.3, -0.25) is 0 Å². The molecule has 0 radical (unpaired) electrons. The number of carboxylic acid groups (broad SMARTS) is 1. The van der Waals surface area contributed by atoms with Crippen LogP contribution in [0.4, 0.5) is 13.2 Å². The summed E-state index contributed by atoms with van der Waals surface area (Å²) < 4.78 is 31.7. The molecule has 0 spiro atoms. The number of likely N-dealkylation sites (N-methyl/N-ethyl adjacent to an activating group) is 1. The van der Waals surface area contributed by atoms with Crippen molar-refractivity contribution in [3.8, 4) is 0 Å². The van der Waals surface area contributed by atoms with Gasteiger partial charge in [-0.25, -0.2) is 4.79 Å². The minimum absolute atomic E-state index is 0.837. The second-order valence-corrected chi connectivity index (χ2v) is 4.13. The lowest BCUT2D eigenvalue weighted by atomic mass is 9.85. The predicted molar refractivity (Wildman–Crippen MR) is 51.1 cm³/mol. The van der Waals surface area contributed by atoms with Gasteiger partial charge in [0.1, 0.15) is 0 Å². The van der Waals surface area contributed by atoms with Crippen LogP contribution in [0.3, 0.4) is 0 Å². The van der Waals surface area contributed by atoms with E-state index in [2.05, 4.69) is 17.3 Å². The van der Waals surface area contributed by atoms with Crippen LogP contribution in [0.15, 0.2) is 0 Å². The van der Waals surface area contributed by atoms with Gasteiger partial charge in [-0.05, 0) is 32.5 Å². The van der Waals surface area contributed by atoms with E-state index in [1.54, 1.807) is 0 Å². The van der Waals surface area contributed by atoms with Crippen LogP contribution in [-0.4, -0.2) is 54.9 Å². The summed E-state index contributed by atoms with van der Waals surface area (Å²) in [5.41, 5.74) is 0. The Labute approximate surface area is 91.4 Å². The molecule has 0 aromatic carbocycles. The van der Waals surface area contributed by atoms with E-state index in [0.717, 1.165) is 12.0 Å². The molecule has 0 aromatic rings. The Hall–Kier alpha value is -0.820. The van der Waals surface area contributed by atoms with Crippen LogP contribution in [-0.2, 0) is 4.79 Å². The van der Waals surface area contributed by atoms with Crippen LogP contribution in [0.1, 0.15) is 6.42 Å². The Balaban J connectivity index is 0.000000168. The van der Waals surface area contributed by atoms with Crippen LogP contribution < -0.4 is 5.32 Å². The first-order valence-electron chi connectivity index (χ1n) is 5.02. The quantitative estimate of drug-likeness (QED) is 0.649. The van der Waals surface area contributed by atoms with Crippen molar-refractivity contribution in [2.75, 3.05) is 26.7 Å². The molecule has 0 saturated carbocycles. The first-order valence-corrected chi connectivity index (χ1v) is 5.02. The number of carbonyl (C=O) groups is 1. The van der Waals surface area contributed by atoms with Gasteiger partial charge in [0.25, 0.3) is 0 Å². The van der Waals surface area contributed by atoms with Gasteiger partial charge in [0.15, 0.2) is 0 Å². The van der Waals surface area contributed by atoms with Gasteiger partial charge in [0.2, 0.25) is 0 Å². The van der Waals surface area contributed by atoms with Gasteiger partial charge in [-0.15, -0.1) is 0 Å². The maximum atomic E-state index is 10.6. The molecule has 2 atom stereocenters. The zero-order valence-electron chi connectivity index (χ0n) is 8.92. The molecule has 2 aliphatic rings. The number of aliphatic carboxylic acids is 1. The number of hydrogen-bond donors (Lipinski definition) is 2. The number of likely N-dealkylation sites (tertiary alicyclic amines) is 1. The molecule has 2 aliphatic heterocycles. The first-order chi connectivity index (χ1) is 7.30. The number of nitrogens with zero attached hydrogens (tertiary/aromatic N) is 1. The molecule has 2 rings (SSSR count). The molecular weight excluding hydrogens is 225 g/mol. The number of nitrogens with one attached hydrogen (secondary N) is 1. The highest BCUT2D eigenvalue weighted by Gasteiger charge is 2.38. The number of carboxylic acids is 1. The summed E-state index contributed by atoms with van der Waals surface area (Å²) in [4.78, 5) is 11.3. The molecule has 2 heterocycles. The van der Waals surface area contributed by atoms with Gasteiger partial charge < -0.3 is 15.3 Å². The van der Waals surface area contributed by atoms with Crippen molar-refractivity contribution in [3.05, 3.63) is 0 Å². The van der Waals surface area contributed by atoms with Gasteiger partial charge in [0, 0.05) is 12.6 Å². The van der Waals surface area contributed by atoms with Crippen LogP contribution in [0.25, 0.3) is 0 Å². The molecule has 7 heteroatoms. The lowest BCUT2D eigenvalue weighted by Gasteiger charge is -2.45. The van der Waals surface area contributed by atoms with E-state index < -0.39 is 12.1 Å². The first kappa shape index (κ1) is 13.2. The molecule has 2 fully saturated rings. The minimum Gasteiger partial charge on any atom is -0.475 e. The van der Waals surface area contributed by atoms with Crippen molar-refractivity contribution in [1.82, 2.24) is 10.2 Å². The molecule has 94 valence electrons. The van der Waals surface area contributed by atoms with Crippen LogP contribution in [0.5, 0.6) is 0 Å². The molecule has 0 aromatic heterocycles.